The van der Waals surface area contributed by atoms with Crippen LogP contribution in [-0.2, 0) is 20.4 Å². The van der Waals surface area contributed by atoms with E-state index in [4.69, 9.17) is 9.47 Å². The summed E-state index contributed by atoms with van der Waals surface area (Å²) < 4.78 is 58.4. The molecule has 2 heterocycles. The third-order valence-electron chi connectivity index (χ3n) is 6.62. The average Bonchev–Trinajstić information content (AvgIpc) is 2.85. The minimum absolute atomic E-state index is 0. The summed E-state index contributed by atoms with van der Waals surface area (Å²) in [5.74, 6) is -1.59. The molecule has 0 spiro atoms. The molecule has 3 rings (SSSR count). The Hall–Kier alpha value is -2.77. The van der Waals surface area contributed by atoms with Crippen molar-refractivity contribution in [1.29, 1.82) is 0 Å². The van der Waals surface area contributed by atoms with Gasteiger partial charge in [-0.3, -0.25) is 9.59 Å². The number of hydrogen-bond acceptors (Lipinski definition) is 7. The number of anilines is 1. The first kappa shape index (κ1) is 32.4. The molecule has 1 saturated heterocycles. The van der Waals surface area contributed by atoms with Gasteiger partial charge in [0, 0.05) is 38.8 Å². The highest BCUT2D eigenvalue weighted by Crippen LogP contribution is 2.44. The van der Waals surface area contributed by atoms with Crippen molar-refractivity contribution in [3.05, 3.63) is 23.3 Å². The van der Waals surface area contributed by atoms with E-state index in [0.29, 0.717) is 13.0 Å². The van der Waals surface area contributed by atoms with Gasteiger partial charge in [0.25, 0.3) is 11.8 Å². The van der Waals surface area contributed by atoms with Crippen LogP contribution in [-0.4, -0.2) is 87.5 Å². The van der Waals surface area contributed by atoms with Gasteiger partial charge in [-0.15, -0.1) is 12.4 Å². The number of benzene rings is 1. The molecule has 1 aromatic carbocycles. The number of nitrogens with one attached hydrogen (secondary N) is 2. The largest absolute Gasteiger partial charge is 0.473 e. The van der Waals surface area contributed by atoms with Crippen molar-refractivity contribution < 1.29 is 41.8 Å². The van der Waals surface area contributed by atoms with Crippen LogP contribution in [0.4, 0.5) is 23.7 Å². The summed E-state index contributed by atoms with van der Waals surface area (Å²) in [5, 5.41) is 5.65. The molecule has 2 atom stereocenters. The lowest BCUT2D eigenvalue weighted by Gasteiger charge is -2.41. The monoisotopic (exact) mass is 580 g/mol. The minimum Gasteiger partial charge on any atom is -0.473 e. The Morgan fingerprint density at radius 2 is 2.00 bits per heavy atom. The van der Waals surface area contributed by atoms with Crippen LogP contribution in [0.3, 0.4) is 0 Å². The molecule has 1 unspecified atom stereocenters. The van der Waals surface area contributed by atoms with E-state index in [0.717, 1.165) is 25.1 Å². The molecule has 0 bridgehead atoms. The van der Waals surface area contributed by atoms with Gasteiger partial charge in [0.2, 0.25) is 5.60 Å². The Kier molecular flexibility index (Phi) is 10.9. The molecular formula is C25H36ClF3N4O6. The fourth-order valence-corrected chi connectivity index (χ4v) is 4.92. The number of methoxy groups -OCH3 is 2. The Labute approximate surface area is 231 Å². The minimum atomic E-state index is -4.87. The van der Waals surface area contributed by atoms with Crippen LogP contribution in [0.1, 0.15) is 49.5 Å². The Bertz CT molecular complexity index is 1050. The average molecular weight is 581 g/mol. The Balaban J connectivity index is 0.00000533. The van der Waals surface area contributed by atoms with Crippen molar-refractivity contribution in [3.8, 4) is 5.75 Å². The van der Waals surface area contributed by atoms with Gasteiger partial charge < -0.3 is 34.6 Å². The molecule has 220 valence electrons. The molecule has 0 saturated carbocycles. The lowest BCUT2D eigenvalue weighted by Crippen LogP contribution is -2.58. The number of alkyl halides is 3. The second kappa shape index (κ2) is 13.1. The molecule has 2 N–H and O–H groups in total. The Morgan fingerprint density at radius 3 is 2.54 bits per heavy atom. The summed E-state index contributed by atoms with van der Waals surface area (Å²) in [5.41, 5.74) is -3.36. The quantitative estimate of drug-likeness (QED) is 0.486. The van der Waals surface area contributed by atoms with Gasteiger partial charge in [-0.1, -0.05) is 0 Å². The third-order valence-corrected chi connectivity index (χ3v) is 6.62. The first-order chi connectivity index (χ1) is 17.8. The molecule has 1 aromatic rings. The summed E-state index contributed by atoms with van der Waals surface area (Å²) in [4.78, 5) is 41.4. The van der Waals surface area contributed by atoms with E-state index < -0.39 is 40.8 Å². The number of halogens is 4. The highest BCUT2D eigenvalue weighted by atomic mass is 35.5. The van der Waals surface area contributed by atoms with Gasteiger partial charge in [0.1, 0.15) is 5.75 Å². The number of rotatable bonds is 8. The number of carbonyl (C=O) groups excluding carboxylic acids is 3. The first-order valence-corrected chi connectivity index (χ1v) is 12.4. The van der Waals surface area contributed by atoms with Gasteiger partial charge in [-0.2, -0.15) is 13.2 Å². The van der Waals surface area contributed by atoms with Gasteiger partial charge in [-0.25, -0.2) is 4.79 Å². The van der Waals surface area contributed by atoms with Crippen molar-refractivity contribution in [2.45, 2.75) is 57.5 Å². The third kappa shape index (κ3) is 7.06. The highest BCUT2D eigenvalue weighted by Gasteiger charge is 2.47. The van der Waals surface area contributed by atoms with Crippen molar-refractivity contribution in [3.63, 3.8) is 0 Å². The molecule has 2 aliphatic rings. The summed E-state index contributed by atoms with van der Waals surface area (Å²) in [6.45, 7) is 5.77. The van der Waals surface area contributed by atoms with Crippen LogP contribution in [0, 0.1) is 0 Å². The summed E-state index contributed by atoms with van der Waals surface area (Å²) in [6.07, 6.45) is -4.15. The van der Waals surface area contributed by atoms with E-state index in [-0.39, 0.29) is 55.6 Å². The number of hydrogen-bond donors (Lipinski definition) is 2. The number of piperidine rings is 1. The number of alkyl carbamates (subject to hydrolysis) is 1. The maximum absolute atomic E-state index is 14.3. The number of carbonyl (C=O) groups is 3. The standard InChI is InChI=1S/C25H35F3N4O6.ClH/c1-15(2)32(16-7-6-8-29-13-16)21(33)17-11-19-20(12-18(17)25(26,27)28)38-24(3,14-36-4)22(34)31(19)10-9-30-23(35)37-5;/h11-12,15-16,29H,6-10,13-14H2,1-5H3,(H,30,35);1H/t16-,24?;/m1./s1. The van der Waals surface area contributed by atoms with E-state index >= 15 is 0 Å². The second-order valence-corrected chi connectivity index (χ2v) is 9.81. The number of fused-ring (bicyclic) bond motifs is 1. The zero-order valence-corrected chi connectivity index (χ0v) is 23.5. The molecule has 10 nitrogen and oxygen atoms in total. The summed E-state index contributed by atoms with van der Waals surface area (Å²) >= 11 is 0. The fourth-order valence-electron chi connectivity index (χ4n) is 4.92. The van der Waals surface area contributed by atoms with Crippen LogP contribution in [0.2, 0.25) is 0 Å². The number of ether oxygens (including phenoxy) is 3. The maximum Gasteiger partial charge on any atom is 0.417 e. The van der Waals surface area contributed by atoms with Crippen molar-refractivity contribution in [2.24, 2.45) is 0 Å². The SMILES string of the molecule is COCC1(C)Oc2cc(C(F)(F)F)c(C(=O)N(C(C)C)[C@@H]3CCCNC3)cc2N(CCNC(=O)OC)C1=O.Cl. The molecule has 3 amide bonds. The van der Waals surface area contributed by atoms with Gasteiger partial charge in [0.15, 0.2) is 0 Å². The summed E-state index contributed by atoms with van der Waals surface area (Å²) in [7, 11) is 2.52. The topological polar surface area (TPSA) is 109 Å². The number of nitrogens with zero attached hydrogens (tertiary/aromatic N) is 2. The molecule has 0 radical (unpaired) electrons. The highest BCUT2D eigenvalue weighted by molar-refractivity contribution is 6.05. The van der Waals surface area contributed by atoms with Gasteiger partial charge >= 0.3 is 12.3 Å². The van der Waals surface area contributed by atoms with Crippen LogP contribution in [0.25, 0.3) is 0 Å². The van der Waals surface area contributed by atoms with E-state index in [1.165, 1.54) is 30.9 Å². The molecule has 1 fully saturated rings. The summed E-state index contributed by atoms with van der Waals surface area (Å²) in [6, 6.07) is 1.18. The molecule has 2 aliphatic heterocycles. The second-order valence-electron chi connectivity index (χ2n) is 9.81. The fraction of sp³-hybridized carbons (Fsp3) is 0.640. The van der Waals surface area contributed by atoms with Crippen LogP contribution in [0.5, 0.6) is 5.75 Å². The lowest BCUT2D eigenvalue weighted by molar-refractivity contribution is -0.139. The predicted molar refractivity (Wildman–Crippen MR) is 140 cm³/mol. The molecule has 0 aliphatic carbocycles. The van der Waals surface area contributed by atoms with E-state index in [9.17, 15) is 27.6 Å². The number of amides is 3. The predicted octanol–water partition coefficient (Wildman–Crippen LogP) is 3.22. The lowest BCUT2D eigenvalue weighted by atomic mass is 9.96. The van der Waals surface area contributed by atoms with Crippen molar-refractivity contribution in [2.75, 3.05) is 51.9 Å². The van der Waals surface area contributed by atoms with Crippen LogP contribution >= 0.6 is 12.4 Å². The van der Waals surface area contributed by atoms with E-state index in [1.54, 1.807) is 13.8 Å². The Morgan fingerprint density at radius 1 is 1.31 bits per heavy atom. The molecule has 14 heteroatoms. The van der Waals surface area contributed by atoms with E-state index in [1.807, 2.05) is 0 Å². The van der Waals surface area contributed by atoms with E-state index in [2.05, 4.69) is 15.4 Å². The first-order valence-electron chi connectivity index (χ1n) is 12.4. The zero-order valence-electron chi connectivity index (χ0n) is 22.6. The normalized spacial score (nSPS) is 21.0. The molecular weight excluding hydrogens is 545 g/mol. The maximum atomic E-state index is 14.3. The van der Waals surface area contributed by atoms with Crippen LogP contribution < -0.4 is 20.3 Å². The van der Waals surface area contributed by atoms with Crippen molar-refractivity contribution in [1.82, 2.24) is 15.5 Å². The molecule has 0 aromatic heterocycles. The van der Waals surface area contributed by atoms with Gasteiger partial charge in [0.05, 0.1) is 30.5 Å². The smallest absolute Gasteiger partial charge is 0.417 e. The molecule has 39 heavy (non-hydrogen) atoms. The van der Waals surface area contributed by atoms with Gasteiger partial charge in [-0.05, 0) is 52.3 Å². The van der Waals surface area contributed by atoms with Crippen LogP contribution in [0.15, 0.2) is 12.1 Å². The zero-order chi connectivity index (χ0) is 28.3. The van der Waals surface area contributed by atoms with Crippen molar-refractivity contribution >= 4 is 36.0 Å².